The summed E-state index contributed by atoms with van der Waals surface area (Å²) >= 11 is 1.70. The maximum atomic E-state index is 10.1. The molecule has 1 unspecified atom stereocenters. The Kier molecular flexibility index (Phi) is 5.16. The number of hydrogen-bond donors (Lipinski definition) is 0. The number of thioether (sulfide) groups is 1. The first kappa shape index (κ1) is 19.8. The fourth-order valence-corrected chi connectivity index (χ4v) is 5.03. The lowest BCUT2D eigenvalue weighted by atomic mass is 9.92. The van der Waals surface area contributed by atoms with Gasteiger partial charge in [0, 0.05) is 23.1 Å². The second-order valence-corrected chi connectivity index (χ2v) is 9.93. The van der Waals surface area contributed by atoms with Gasteiger partial charge in [-0.2, -0.15) is 5.26 Å². The third kappa shape index (κ3) is 3.57. The molecule has 156 valence electrons. The van der Waals surface area contributed by atoms with Crippen LogP contribution in [0.2, 0.25) is 0 Å². The van der Waals surface area contributed by atoms with Gasteiger partial charge in [-0.3, -0.25) is 0 Å². The van der Waals surface area contributed by atoms with Crippen molar-refractivity contribution in [3.63, 3.8) is 0 Å². The third-order valence-corrected chi connectivity index (χ3v) is 7.53. The maximum Gasteiger partial charge on any atom is 0.125 e. The lowest BCUT2D eigenvalue weighted by Gasteiger charge is -2.31. The zero-order chi connectivity index (χ0) is 20.7. The fraction of sp³-hybridized carbons (Fsp3) is 0.480. The second-order valence-electron chi connectivity index (χ2n) is 8.96. The van der Waals surface area contributed by atoms with Crippen LogP contribution in [0.5, 0.6) is 5.75 Å². The summed E-state index contributed by atoms with van der Waals surface area (Å²) in [5, 5.41) is 13.3. The molecule has 0 amide bonds. The molecule has 0 N–H and O–H groups in total. The Hall–Kier alpha value is -2.16. The van der Waals surface area contributed by atoms with Crippen molar-refractivity contribution in [3.05, 3.63) is 47.0 Å². The number of nitrogens with zero attached hydrogens (tertiary/aromatic N) is 2. The monoisotopic (exact) mass is 420 g/mol. The Morgan fingerprint density at radius 2 is 2.13 bits per heavy atom. The molecule has 2 fully saturated rings. The molecule has 5 heteroatoms. The molecule has 3 aliphatic rings. The molecule has 30 heavy (non-hydrogen) atoms. The van der Waals surface area contributed by atoms with Crippen LogP contribution in [-0.4, -0.2) is 23.2 Å². The summed E-state index contributed by atoms with van der Waals surface area (Å²) in [5.74, 6) is 0.865. The first-order valence-electron chi connectivity index (χ1n) is 11.0. The van der Waals surface area contributed by atoms with E-state index in [1.807, 2.05) is 19.1 Å². The molecule has 0 saturated heterocycles. The molecule has 1 aromatic heterocycles. The van der Waals surface area contributed by atoms with Crippen molar-refractivity contribution in [2.75, 3.05) is 13.2 Å². The number of hydrogen-bond acceptors (Lipinski definition) is 4. The van der Waals surface area contributed by atoms with Gasteiger partial charge >= 0.3 is 0 Å². The molecular weight excluding hydrogens is 392 g/mol. The highest BCUT2D eigenvalue weighted by atomic mass is 32.2. The smallest absolute Gasteiger partial charge is 0.125 e. The Morgan fingerprint density at radius 1 is 1.30 bits per heavy atom. The molecule has 2 heterocycles. The minimum absolute atomic E-state index is 0.0581. The molecule has 1 aromatic carbocycles. The van der Waals surface area contributed by atoms with Crippen LogP contribution in [0.1, 0.15) is 63.3 Å². The predicted molar refractivity (Wildman–Crippen MR) is 122 cm³/mol. The van der Waals surface area contributed by atoms with Crippen LogP contribution < -0.4 is 4.74 Å². The number of fused-ring (bicyclic) bond motifs is 1. The number of benzene rings is 1. The van der Waals surface area contributed by atoms with E-state index in [0.29, 0.717) is 18.1 Å². The van der Waals surface area contributed by atoms with E-state index in [1.165, 1.54) is 19.3 Å². The Bertz CT molecular complexity index is 1070. The van der Waals surface area contributed by atoms with Crippen molar-refractivity contribution in [2.24, 2.45) is 5.41 Å². The molecule has 0 spiro atoms. The normalized spacial score (nSPS) is 22.4. The lowest BCUT2D eigenvalue weighted by molar-refractivity contribution is 0.101. The lowest BCUT2D eigenvalue weighted by Crippen LogP contribution is -2.19. The topological polar surface area (TPSA) is 47.2 Å². The van der Waals surface area contributed by atoms with Crippen molar-refractivity contribution in [1.82, 2.24) is 4.57 Å². The summed E-state index contributed by atoms with van der Waals surface area (Å²) in [6.07, 6.45) is 10.4. The predicted octanol–water partition coefficient (Wildman–Crippen LogP) is 6.42. The zero-order valence-electron chi connectivity index (χ0n) is 17.7. The van der Waals surface area contributed by atoms with Gasteiger partial charge in [-0.25, -0.2) is 0 Å². The first-order valence-corrected chi connectivity index (χ1v) is 11.9. The summed E-state index contributed by atoms with van der Waals surface area (Å²) in [7, 11) is 0. The molecule has 2 aromatic rings. The van der Waals surface area contributed by atoms with Gasteiger partial charge in [0.1, 0.15) is 17.3 Å². The summed E-state index contributed by atoms with van der Waals surface area (Å²) in [6.45, 7) is 5.75. The minimum atomic E-state index is 0.0581. The molecule has 2 aliphatic carbocycles. The van der Waals surface area contributed by atoms with Crippen LogP contribution in [0.15, 0.2) is 35.8 Å². The Labute approximate surface area is 182 Å². The van der Waals surface area contributed by atoms with Gasteiger partial charge in [0.25, 0.3) is 0 Å². The minimum Gasteiger partial charge on any atom is -0.494 e. The van der Waals surface area contributed by atoms with Crippen LogP contribution in [0, 0.1) is 16.7 Å². The van der Waals surface area contributed by atoms with Crippen molar-refractivity contribution in [2.45, 2.75) is 57.4 Å². The molecule has 1 atom stereocenters. The van der Waals surface area contributed by atoms with Crippen LogP contribution in [-0.2, 0) is 4.74 Å². The van der Waals surface area contributed by atoms with Gasteiger partial charge in [0.05, 0.1) is 30.0 Å². The highest BCUT2D eigenvalue weighted by molar-refractivity contribution is 8.03. The van der Waals surface area contributed by atoms with Gasteiger partial charge in [0.15, 0.2) is 0 Å². The number of ether oxygens (including phenoxy) is 2. The van der Waals surface area contributed by atoms with Crippen LogP contribution in [0.25, 0.3) is 16.5 Å². The van der Waals surface area contributed by atoms with Gasteiger partial charge in [-0.1, -0.05) is 24.8 Å². The van der Waals surface area contributed by atoms with Crippen LogP contribution >= 0.6 is 11.8 Å². The van der Waals surface area contributed by atoms with Crippen LogP contribution in [0.3, 0.4) is 0 Å². The molecule has 1 aliphatic heterocycles. The number of nitriles is 1. The highest BCUT2D eigenvalue weighted by Gasteiger charge is 2.38. The molecular formula is C25H28N2O2S. The second kappa shape index (κ2) is 7.83. The third-order valence-electron chi connectivity index (χ3n) is 6.57. The molecule has 5 rings (SSSR count). The average Bonchev–Trinajstić information content (AvgIpc) is 3.38. The van der Waals surface area contributed by atoms with Crippen molar-refractivity contribution in [1.29, 1.82) is 5.26 Å². The van der Waals surface area contributed by atoms with E-state index in [4.69, 9.17) is 9.47 Å². The van der Waals surface area contributed by atoms with E-state index in [2.05, 4.69) is 41.2 Å². The first-order chi connectivity index (χ1) is 14.6. The van der Waals surface area contributed by atoms with Crippen molar-refractivity contribution >= 4 is 28.2 Å². The van der Waals surface area contributed by atoms with E-state index < -0.39 is 0 Å². The number of allylic oxidation sites excluding steroid dienone is 2. The Balaban J connectivity index is 1.51. The summed E-state index contributed by atoms with van der Waals surface area (Å²) < 4.78 is 14.3. The largest absolute Gasteiger partial charge is 0.494 e. The number of rotatable bonds is 7. The number of aromatic nitrogens is 1. The van der Waals surface area contributed by atoms with Gasteiger partial charge < -0.3 is 14.0 Å². The van der Waals surface area contributed by atoms with Gasteiger partial charge in [-0.15, -0.1) is 0 Å². The van der Waals surface area contributed by atoms with E-state index in [1.54, 1.807) is 11.8 Å². The van der Waals surface area contributed by atoms with Crippen molar-refractivity contribution < 1.29 is 9.47 Å². The van der Waals surface area contributed by atoms with E-state index in [9.17, 15) is 5.26 Å². The molecule has 0 radical (unpaired) electrons. The molecule has 4 nitrogen and oxygen atoms in total. The standard InChI is InChI=1S/C25H28N2O2S/c1-3-28-19-8-9-20-21(14-26)24(27(22(20)13-19)18-5-4-6-18)17-7-10-23(30-15-17)29-16-25(2)11-12-25/h7-10,13,15,18,23H,3-6,11-12,16H2,1-2H3. The van der Waals surface area contributed by atoms with Crippen LogP contribution in [0.4, 0.5) is 0 Å². The summed E-state index contributed by atoms with van der Waals surface area (Å²) in [6, 6.07) is 9.07. The quantitative estimate of drug-likeness (QED) is 0.518. The van der Waals surface area contributed by atoms with E-state index >= 15 is 0 Å². The fourth-order valence-electron chi connectivity index (χ4n) is 4.25. The summed E-state index contributed by atoms with van der Waals surface area (Å²) in [5.41, 5.74) is 4.47. The van der Waals surface area contributed by atoms with Crippen molar-refractivity contribution in [3.8, 4) is 11.8 Å². The van der Waals surface area contributed by atoms with E-state index in [-0.39, 0.29) is 5.44 Å². The molecule has 0 bridgehead atoms. The zero-order valence-corrected chi connectivity index (χ0v) is 18.5. The van der Waals surface area contributed by atoms with Gasteiger partial charge in [0.2, 0.25) is 0 Å². The van der Waals surface area contributed by atoms with E-state index in [0.717, 1.165) is 52.9 Å². The highest BCUT2D eigenvalue weighted by Crippen LogP contribution is 2.46. The molecule has 2 saturated carbocycles. The average molecular weight is 421 g/mol. The maximum absolute atomic E-state index is 10.1. The van der Waals surface area contributed by atoms with Gasteiger partial charge in [-0.05, 0) is 68.1 Å². The SMILES string of the molecule is CCOc1ccc2c(C#N)c(C3=CSC(OCC4(C)CC4)C=C3)n(C3CCC3)c2c1. The summed E-state index contributed by atoms with van der Waals surface area (Å²) in [4.78, 5) is 0. The Morgan fingerprint density at radius 3 is 2.73 bits per heavy atom.